The Morgan fingerprint density at radius 3 is 2.82 bits per heavy atom. The SMILES string of the molecule is Cc1ccc(Nc2cc(-c3nc(N4CCNCC4C4CC4)c4ccncc4n3)ccn2)cn1. The molecule has 8 heteroatoms. The quantitative estimate of drug-likeness (QED) is 0.487. The first-order chi connectivity index (χ1) is 16.2. The van der Waals surface area contributed by atoms with E-state index < -0.39 is 0 Å². The van der Waals surface area contributed by atoms with Crippen LogP contribution in [0.2, 0.25) is 0 Å². The predicted molar refractivity (Wildman–Crippen MR) is 130 cm³/mol. The number of rotatable bonds is 5. The lowest BCUT2D eigenvalue weighted by Crippen LogP contribution is -2.53. The van der Waals surface area contributed by atoms with E-state index in [1.54, 1.807) is 6.20 Å². The second-order valence-corrected chi connectivity index (χ2v) is 8.81. The normalized spacial score (nSPS) is 18.5. The zero-order chi connectivity index (χ0) is 22.2. The summed E-state index contributed by atoms with van der Waals surface area (Å²) in [6.45, 7) is 4.88. The zero-order valence-corrected chi connectivity index (χ0v) is 18.6. The fourth-order valence-electron chi connectivity index (χ4n) is 4.53. The maximum Gasteiger partial charge on any atom is 0.162 e. The average Bonchev–Trinajstić information content (AvgIpc) is 3.71. The summed E-state index contributed by atoms with van der Waals surface area (Å²) in [5.41, 5.74) is 3.64. The van der Waals surface area contributed by atoms with Crippen molar-refractivity contribution in [2.24, 2.45) is 5.92 Å². The van der Waals surface area contributed by atoms with Crippen LogP contribution in [0, 0.1) is 12.8 Å². The Bertz CT molecular complexity index is 1290. The van der Waals surface area contributed by atoms with Crippen molar-refractivity contribution in [1.82, 2.24) is 30.2 Å². The highest BCUT2D eigenvalue weighted by Gasteiger charge is 2.37. The Labute approximate surface area is 192 Å². The number of anilines is 3. The predicted octanol–water partition coefficient (Wildman–Crippen LogP) is 3.72. The minimum atomic E-state index is 0.474. The van der Waals surface area contributed by atoms with Crippen molar-refractivity contribution in [3.05, 3.63) is 60.8 Å². The molecule has 33 heavy (non-hydrogen) atoms. The number of nitrogens with zero attached hydrogens (tertiary/aromatic N) is 6. The molecule has 2 N–H and O–H groups in total. The van der Waals surface area contributed by atoms with Gasteiger partial charge in [0, 0.05) is 54.7 Å². The van der Waals surface area contributed by atoms with E-state index >= 15 is 0 Å². The van der Waals surface area contributed by atoms with Crippen molar-refractivity contribution < 1.29 is 0 Å². The molecule has 2 aliphatic rings. The van der Waals surface area contributed by atoms with Crippen molar-refractivity contribution in [2.75, 3.05) is 29.9 Å². The van der Waals surface area contributed by atoms with Crippen molar-refractivity contribution in [3.8, 4) is 11.4 Å². The molecule has 0 aromatic carbocycles. The van der Waals surface area contributed by atoms with Gasteiger partial charge < -0.3 is 15.5 Å². The standard InChI is InChI=1S/C25H26N8/c1-16-2-5-19(13-29-16)30-23-12-18(6-9-28-23)24-31-21-14-26-8-7-20(21)25(32-24)33-11-10-27-15-22(33)17-3-4-17/h2,5-9,12-14,17,22,27H,3-4,10-11,15H2,1H3,(H,28,30). The van der Waals surface area contributed by atoms with Crippen LogP contribution >= 0.6 is 0 Å². The lowest BCUT2D eigenvalue weighted by atomic mass is 10.1. The minimum absolute atomic E-state index is 0.474. The van der Waals surface area contributed by atoms with Gasteiger partial charge in [0.2, 0.25) is 0 Å². The van der Waals surface area contributed by atoms with Gasteiger partial charge in [-0.3, -0.25) is 9.97 Å². The van der Waals surface area contributed by atoms with Crippen molar-refractivity contribution >= 4 is 28.2 Å². The van der Waals surface area contributed by atoms with Crippen LogP contribution in [0.4, 0.5) is 17.3 Å². The van der Waals surface area contributed by atoms with Gasteiger partial charge in [0.05, 0.1) is 23.6 Å². The fourth-order valence-corrected chi connectivity index (χ4v) is 4.53. The summed E-state index contributed by atoms with van der Waals surface area (Å²) in [6.07, 6.45) is 9.85. The molecular formula is C25H26N8. The molecule has 2 fully saturated rings. The number of nitrogens with one attached hydrogen (secondary N) is 2. The van der Waals surface area contributed by atoms with E-state index in [4.69, 9.17) is 9.97 Å². The van der Waals surface area contributed by atoms with Gasteiger partial charge in [-0.2, -0.15) is 0 Å². The highest BCUT2D eigenvalue weighted by molar-refractivity contribution is 5.90. The fraction of sp³-hybridized carbons (Fsp3) is 0.320. The summed E-state index contributed by atoms with van der Waals surface area (Å²) >= 11 is 0. The largest absolute Gasteiger partial charge is 0.350 e. The minimum Gasteiger partial charge on any atom is -0.350 e. The van der Waals surface area contributed by atoms with E-state index in [0.29, 0.717) is 11.9 Å². The third-order valence-corrected chi connectivity index (χ3v) is 6.40. The van der Waals surface area contributed by atoms with E-state index in [9.17, 15) is 0 Å². The second kappa shape index (κ2) is 8.37. The number of fused-ring (bicyclic) bond motifs is 1. The molecule has 0 bridgehead atoms. The molecule has 1 saturated heterocycles. The Morgan fingerprint density at radius 2 is 1.97 bits per heavy atom. The van der Waals surface area contributed by atoms with Crippen LogP contribution < -0.4 is 15.5 Å². The van der Waals surface area contributed by atoms with Gasteiger partial charge in [-0.05, 0) is 56.0 Å². The first-order valence-electron chi connectivity index (χ1n) is 11.5. The number of pyridine rings is 3. The molecule has 1 aliphatic carbocycles. The Morgan fingerprint density at radius 1 is 1.03 bits per heavy atom. The molecule has 1 unspecified atom stereocenters. The van der Waals surface area contributed by atoms with Crippen molar-refractivity contribution in [2.45, 2.75) is 25.8 Å². The molecule has 8 nitrogen and oxygen atoms in total. The highest BCUT2D eigenvalue weighted by atomic mass is 15.3. The van der Waals surface area contributed by atoms with E-state index in [2.05, 4.69) is 30.5 Å². The van der Waals surface area contributed by atoms with Crippen LogP contribution in [0.3, 0.4) is 0 Å². The maximum absolute atomic E-state index is 5.11. The number of hydrogen-bond acceptors (Lipinski definition) is 8. The summed E-state index contributed by atoms with van der Waals surface area (Å²) in [5, 5.41) is 7.95. The van der Waals surface area contributed by atoms with Crippen LogP contribution in [-0.4, -0.2) is 50.6 Å². The van der Waals surface area contributed by atoms with E-state index in [1.165, 1.54) is 12.8 Å². The summed E-state index contributed by atoms with van der Waals surface area (Å²) in [4.78, 5) is 25.6. The monoisotopic (exact) mass is 438 g/mol. The second-order valence-electron chi connectivity index (χ2n) is 8.81. The van der Waals surface area contributed by atoms with Gasteiger partial charge in [0.25, 0.3) is 0 Å². The van der Waals surface area contributed by atoms with Gasteiger partial charge in [-0.1, -0.05) is 0 Å². The van der Waals surface area contributed by atoms with Gasteiger partial charge in [-0.25, -0.2) is 15.0 Å². The van der Waals surface area contributed by atoms with E-state index in [1.807, 2.05) is 55.8 Å². The van der Waals surface area contributed by atoms with Crippen molar-refractivity contribution in [1.29, 1.82) is 0 Å². The molecule has 1 aliphatic heterocycles. The smallest absolute Gasteiger partial charge is 0.162 e. The summed E-state index contributed by atoms with van der Waals surface area (Å²) < 4.78 is 0. The maximum atomic E-state index is 5.11. The molecule has 4 aromatic heterocycles. The summed E-state index contributed by atoms with van der Waals surface area (Å²) in [7, 11) is 0. The first-order valence-corrected chi connectivity index (χ1v) is 11.5. The third-order valence-electron chi connectivity index (χ3n) is 6.40. The van der Waals surface area contributed by atoms with Crippen LogP contribution in [0.5, 0.6) is 0 Å². The third kappa shape index (κ3) is 4.09. The van der Waals surface area contributed by atoms with E-state index in [-0.39, 0.29) is 0 Å². The summed E-state index contributed by atoms with van der Waals surface area (Å²) in [5.74, 6) is 3.16. The molecule has 166 valence electrons. The van der Waals surface area contributed by atoms with Crippen LogP contribution in [0.15, 0.2) is 55.1 Å². The molecule has 0 radical (unpaired) electrons. The molecule has 1 atom stereocenters. The number of hydrogen-bond donors (Lipinski definition) is 2. The highest BCUT2D eigenvalue weighted by Crippen LogP contribution is 2.39. The van der Waals surface area contributed by atoms with Crippen LogP contribution in [0.25, 0.3) is 22.3 Å². The molecule has 6 rings (SSSR count). The van der Waals surface area contributed by atoms with Crippen LogP contribution in [-0.2, 0) is 0 Å². The van der Waals surface area contributed by atoms with Gasteiger partial charge in [0.1, 0.15) is 11.6 Å². The zero-order valence-electron chi connectivity index (χ0n) is 18.6. The van der Waals surface area contributed by atoms with Gasteiger partial charge in [0.15, 0.2) is 5.82 Å². The number of aryl methyl sites for hydroxylation is 1. The lowest BCUT2D eigenvalue weighted by Gasteiger charge is -2.38. The van der Waals surface area contributed by atoms with Crippen molar-refractivity contribution in [3.63, 3.8) is 0 Å². The first kappa shape index (κ1) is 20.0. The van der Waals surface area contributed by atoms with E-state index in [0.717, 1.165) is 65.0 Å². The van der Waals surface area contributed by atoms with Crippen LogP contribution in [0.1, 0.15) is 18.5 Å². The lowest BCUT2D eigenvalue weighted by molar-refractivity contribution is 0.438. The molecule has 4 aromatic rings. The molecule has 0 amide bonds. The molecule has 0 spiro atoms. The molecule has 1 saturated carbocycles. The van der Waals surface area contributed by atoms with Gasteiger partial charge in [-0.15, -0.1) is 0 Å². The molecular weight excluding hydrogens is 412 g/mol. The summed E-state index contributed by atoms with van der Waals surface area (Å²) in [6, 6.07) is 10.4. The topological polar surface area (TPSA) is 91.8 Å². The Balaban J connectivity index is 1.40. The Hall–Kier alpha value is -3.65. The number of aromatic nitrogens is 5. The Kier molecular flexibility index (Phi) is 5.07. The van der Waals surface area contributed by atoms with Gasteiger partial charge >= 0.3 is 0 Å². The number of piperazine rings is 1. The average molecular weight is 439 g/mol. The molecule has 5 heterocycles.